The van der Waals surface area contributed by atoms with Gasteiger partial charge in [0, 0.05) is 51.5 Å². The Labute approximate surface area is 154 Å². The maximum absolute atomic E-state index is 12.9. The summed E-state index contributed by atoms with van der Waals surface area (Å²) in [6.07, 6.45) is 6.92. The summed E-state index contributed by atoms with van der Waals surface area (Å²) in [6.45, 7) is 4.38. The Kier molecular flexibility index (Phi) is 6.72. The molecule has 1 aliphatic heterocycles. The van der Waals surface area contributed by atoms with Crippen molar-refractivity contribution in [1.82, 2.24) is 14.8 Å². The second-order valence-corrected chi connectivity index (χ2v) is 6.81. The van der Waals surface area contributed by atoms with Crippen LogP contribution in [-0.2, 0) is 17.6 Å². The third kappa shape index (κ3) is 5.63. The van der Waals surface area contributed by atoms with Gasteiger partial charge in [0.1, 0.15) is 5.82 Å². The largest absolute Gasteiger partial charge is 0.340 e. The Hall–Kier alpha value is -2.27. The molecule has 138 valence electrons. The molecule has 1 saturated heterocycles. The van der Waals surface area contributed by atoms with Crippen LogP contribution in [-0.4, -0.2) is 53.4 Å². The van der Waals surface area contributed by atoms with E-state index in [1.807, 2.05) is 29.3 Å². The van der Waals surface area contributed by atoms with Crippen LogP contribution in [0.1, 0.15) is 24.0 Å². The Morgan fingerprint density at radius 1 is 1.00 bits per heavy atom. The maximum Gasteiger partial charge on any atom is 0.222 e. The van der Waals surface area contributed by atoms with Gasteiger partial charge in [0.15, 0.2) is 0 Å². The molecule has 5 heteroatoms. The third-order valence-electron chi connectivity index (χ3n) is 4.93. The van der Waals surface area contributed by atoms with E-state index in [2.05, 4.69) is 16.0 Å². The number of aryl methyl sites for hydroxylation is 1. The molecule has 0 bridgehead atoms. The van der Waals surface area contributed by atoms with Crippen molar-refractivity contribution in [1.29, 1.82) is 0 Å². The van der Waals surface area contributed by atoms with Crippen LogP contribution in [0.2, 0.25) is 0 Å². The lowest BCUT2D eigenvalue weighted by molar-refractivity contribution is -0.133. The first-order valence-corrected chi connectivity index (χ1v) is 9.34. The van der Waals surface area contributed by atoms with Gasteiger partial charge in [0.2, 0.25) is 5.91 Å². The molecule has 4 nitrogen and oxygen atoms in total. The van der Waals surface area contributed by atoms with Crippen molar-refractivity contribution in [3.05, 3.63) is 65.7 Å². The van der Waals surface area contributed by atoms with Crippen LogP contribution in [0.5, 0.6) is 0 Å². The Balaban J connectivity index is 1.33. The predicted molar refractivity (Wildman–Crippen MR) is 100 cm³/mol. The predicted octanol–water partition coefficient (Wildman–Crippen LogP) is 2.93. The number of pyridine rings is 1. The number of amides is 1. The minimum absolute atomic E-state index is 0.190. The molecule has 1 aromatic carbocycles. The van der Waals surface area contributed by atoms with E-state index in [9.17, 15) is 9.18 Å². The first kappa shape index (κ1) is 18.5. The van der Waals surface area contributed by atoms with E-state index in [0.717, 1.165) is 57.5 Å². The first-order chi connectivity index (χ1) is 12.7. The average molecular weight is 355 g/mol. The molecular weight excluding hydrogens is 329 g/mol. The molecule has 1 fully saturated rings. The fraction of sp³-hybridized carbons (Fsp3) is 0.429. The quantitative estimate of drug-likeness (QED) is 0.766. The lowest BCUT2D eigenvalue weighted by Crippen LogP contribution is -2.49. The monoisotopic (exact) mass is 355 g/mol. The van der Waals surface area contributed by atoms with Crippen LogP contribution in [0.15, 0.2) is 48.8 Å². The zero-order valence-electron chi connectivity index (χ0n) is 15.1. The zero-order valence-corrected chi connectivity index (χ0v) is 15.1. The highest BCUT2D eigenvalue weighted by Gasteiger charge is 2.20. The fourth-order valence-electron chi connectivity index (χ4n) is 3.31. The summed E-state index contributed by atoms with van der Waals surface area (Å²) in [5, 5.41) is 0. The van der Waals surface area contributed by atoms with Crippen molar-refractivity contribution in [3.63, 3.8) is 0 Å². The smallest absolute Gasteiger partial charge is 0.222 e. The fourth-order valence-corrected chi connectivity index (χ4v) is 3.31. The summed E-state index contributed by atoms with van der Waals surface area (Å²) < 4.78 is 12.9. The van der Waals surface area contributed by atoms with Crippen LogP contribution < -0.4 is 0 Å². The number of carbonyl (C=O) groups is 1. The van der Waals surface area contributed by atoms with E-state index in [1.54, 1.807) is 6.20 Å². The van der Waals surface area contributed by atoms with Crippen LogP contribution >= 0.6 is 0 Å². The minimum Gasteiger partial charge on any atom is -0.340 e. The van der Waals surface area contributed by atoms with Crippen molar-refractivity contribution in [2.24, 2.45) is 0 Å². The van der Waals surface area contributed by atoms with Crippen molar-refractivity contribution in [3.8, 4) is 0 Å². The average Bonchev–Trinajstić information content (AvgIpc) is 2.69. The van der Waals surface area contributed by atoms with Crippen LogP contribution in [0.3, 0.4) is 0 Å². The number of nitrogens with zero attached hydrogens (tertiary/aromatic N) is 3. The molecular formula is C21H26FN3O. The topological polar surface area (TPSA) is 36.4 Å². The number of hydrogen-bond acceptors (Lipinski definition) is 3. The van der Waals surface area contributed by atoms with Gasteiger partial charge in [-0.15, -0.1) is 0 Å². The molecule has 0 saturated carbocycles. The van der Waals surface area contributed by atoms with E-state index in [4.69, 9.17) is 0 Å². The molecule has 1 amide bonds. The summed E-state index contributed by atoms with van der Waals surface area (Å²) in [6, 6.07) is 10.7. The van der Waals surface area contributed by atoms with E-state index < -0.39 is 0 Å². The zero-order chi connectivity index (χ0) is 18.2. The molecule has 2 aromatic rings. The van der Waals surface area contributed by atoms with Gasteiger partial charge in [-0.1, -0.05) is 18.2 Å². The van der Waals surface area contributed by atoms with Crippen molar-refractivity contribution in [2.45, 2.75) is 25.7 Å². The van der Waals surface area contributed by atoms with Gasteiger partial charge in [-0.25, -0.2) is 4.39 Å². The number of aromatic nitrogens is 1. The number of rotatable bonds is 7. The second kappa shape index (κ2) is 9.43. The van der Waals surface area contributed by atoms with Gasteiger partial charge in [-0.3, -0.25) is 14.7 Å². The first-order valence-electron chi connectivity index (χ1n) is 9.34. The Morgan fingerprint density at radius 2 is 1.77 bits per heavy atom. The van der Waals surface area contributed by atoms with Crippen LogP contribution in [0.4, 0.5) is 4.39 Å². The van der Waals surface area contributed by atoms with E-state index in [0.29, 0.717) is 6.42 Å². The third-order valence-corrected chi connectivity index (χ3v) is 4.93. The summed E-state index contributed by atoms with van der Waals surface area (Å²) in [5.74, 6) is 0.0662. The van der Waals surface area contributed by atoms with Gasteiger partial charge in [0.25, 0.3) is 0 Å². The summed E-state index contributed by atoms with van der Waals surface area (Å²) in [4.78, 5) is 20.8. The Morgan fingerprint density at radius 3 is 2.46 bits per heavy atom. The number of hydrogen-bond donors (Lipinski definition) is 0. The molecule has 0 atom stereocenters. The van der Waals surface area contributed by atoms with Gasteiger partial charge in [-0.2, -0.15) is 0 Å². The molecule has 26 heavy (non-hydrogen) atoms. The van der Waals surface area contributed by atoms with Crippen molar-refractivity contribution in [2.75, 3.05) is 32.7 Å². The standard InChI is InChI=1S/C21H26FN3O/c22-20-8-6-18(7-9-20)10-12-24-13-15-25(16-14-24)21(26)5-1-3-19-4-2-11-23-17-19/h2,4,6-9,11,17H,1,3,5,10,12-16H2. The lowest BCUT2D eigenvalue weighted by atomic mass is 10.1. The van der Waals surface area contributed by atoms with E-state index in [1.165, 1.54) is 17.7 Å². The molecule has 1 aliphatic rings. The number of carbonyl (C=O) groups excluding carboxylic acids is 1. The highest BCUT2D eigenvalue weighted by Crippen LogP contribution is 2.10. The molecule has 0 radical (unpaired) electrons. The van der Waals surface area contributed by atoms with E-state index in [-0.39, 0.29) is 11.7 Å². The SMILES string of the molecule is O=C(CCCc1cccnc1)N1CCN(CCc2ccc(F)cc2)CC1. The molecule has 0 N–H and O–H groups in total. The Bertz CT molecular complexity index is 682. The molecule has 1 aromatic heterocycles. The van der Waals surface area contributed by atoms with Gasteiger partial charge in [0.05, 0.1) is 0 Å². The van der Waals surface area contributed by atoms with Crippen LogP contribution in [0.25, 0.3) is 0 Å². The highest BCUT2D eigenvalue weighted by atomic mass is 19.1. The molecule has 0 aliphatic carbocycles. The van der Waals surface area contributed by atoms with Crippen molar-refractivity contribution < 1.29 is 9.18 Å². The summed E-state index contributed by atoms with van der Waals surface area (Å²) >= 11 is 0. The summed E-state index contributed by atoms with van der Waals surface area (Å²) in [5.41, 5.74) is 2.34. The van der Waals surface area contributed by atoms with Gasteiger partial charge >= 0.3 is 0 Å². The maximum atomic E-state index is 12.9. The lowest BCUT2D eigenvalue weighted by Gasteiger charge is -2.34. The number of halogens is 1. The van der Waals surface area contributed by atoms with E-state index >= 15 is 0 Å². The molecule has 3 rings (SSSR count). The van der Waals surface area contributed by atoms with Gasteiger partial charge < -0.3 is 4.90 Å². The molecule has 0 unspecified atom stereocenters. The van der Waals surface area contributed by atoms with Gasteiger partial charge in [-0.05, 0) is 48.6 Å². The second-order valence-electron chi connectivity index (χ2n) is 6.81. The van der Waals surface area contributed by atoms with Crippen molar-refractivity contribution >= 4 is 5.91 Å². The minimum atomic E-state index is -0.190. The highest BCUT2D eigenvalue weighted by molar-refractivity contribution is 5.76. The molecule has 2 heterocycles. The number of piperazine rings is 1. The number of benzene rings is 1. The normalized spacial score (nSPS) is 15.2. The molecule has 0 spiro atoms. The summed E-state index contributed by atoms with van der Waals surface area (Å²) in [7, 11) is 0. The van der Waals surface area contributed by atoms with Crippen LogP contribution in [0, 0.1) is 5.82 Å².